The number of benzene rings is 1. The van der Waals surface area contributed by atoms with E-state index in [-0.39, 0.29) is 11.9 Å². The summed E-state index contributed by atoms with van der Waals surface area (Å²) in [6.45, 7) is 4.64. The van der Waals surface area contributed by atoms with E-state index < -0.39 is 21.5 Å². The summed E-state index contributed by atoms with van der Waals surface area (Å²) in [4.78, 5) is 16.3. The average molecular weight is 392 g/mol. The Kier molecular flexibility index (Phi) is 5.96. The van der Waals surface area contributed by atoms with Gasteiger partial charge in [-0.15, -0.1) is 0 Å². The second-order valence-corrected chi connectivity index (χ2v) is 8.87. The van der Waals surface area contributed by atoms with Crippen LogP contribution >= 0.6 is 0 Å². The summed E-state index contributed by atoms with van der Waals surface area (Å²) in [5.41, 5.74) is 2.14. The van der Waals surface area contributed by atoms with Gasteiger partial charge in [-0.2, -0.15) is 0 Å². The molecule has 1 saturated heterocycles. The molecule has 0 aliphatic carbocycles. The van der Waals surface area contributed by atoms with Crippen LogP contribution in [0, 0.1) is 13.8 Å². The van der Waals surface area contributed by atoms with E-state index >= 15 is 0 Å². The molecule has 1 aromatic carbocycles. The molecule has 1 fully saturated rings. The number of sulfone groups is 1. The van der Waals surface area contributed by atoms with E-state index in [0.29, 0.717) is 30.5 Å². The molecule has 1 aliphatic rings. The van der Waals surface area contributed by atoms with Crippen LogP contribution in [-0.2, 0) is 25.1 Å². The van der Waals surface area contributed by atoms with Crippen molar-refractivity contribution in [2.24, 2.45) is 0 Å². The van der Waals surface area contributed by atoms with Crippen LogP contribution in [0.25, 0.3) is 11.5 Å². The topological polar surface area (TPSA) is 98.5 Å². The highest BCUT2D eigenvalue weighted by atomic mass is 32.2. The third kappa shape index (κ3) is 5.17. The van der Waals surface area contributed by atoms with E-state index in [1.807, 2.05) is 31.2 Å². The van der Waals surface area contributed by atoms with E-state index in [1.165, 1.54) is 0 Å². The molecule has 0 bridgehead atoms. The van der Waals surface area contributed by atoms with Gasteiger partial charge in [-0.05, 0) is 38.3 Å². The summed E-state index contributed by atoms with van der Waals surface area (Å²) in [5.74, 6) is -0.603. The first kappa shape index (κ1) is 19.6. The molecule has 2 heterocycles. The zero-order chi connectivity index (χ0) is 19.4. The van der Waals surface area contributed by atoms with Gasteiger partial charge in [0.15, 0.2) is 9.84 Å². The summed E-state index contributed by atoms with van der Waals surface area (Å²) in [6, 6.07) is 7.59. The molecule has 0 spiro atoms. The minimum absolute atomic E-state index is 0.0221. The Morgan fingerprint density at radius 1 is 1.30 bits per heavy atom. The van der Waals surface area contributed by atoms with Gasteiger partial charge in [0.1, 0.15) is 11.5 Å². The molecular weight excluding hydrogens is 368 g/mol. The molecule has 1 amide bonds. The summed E-state index contributed by atoms with van der Waals surface area (Å²) in [6.07, 6.45) is 1.83. The van der Waals surface area contributed by atoms with Gasteiger partial charge in [-0.3, -0.25) is 4.79 Å². The Labute approximate surface area is 159 Å². The lowest BCUT2D eigenvalue weighted by atomic mass is 10.1. The number of amides is 1. The second kappa shape index (κ2) is 8.22. The van der Waals surface area contributed by atoms with E-state index in [4.69, 9.17) is 9.15 Å². The lowest BCUT2D eigenvalue weighted by molar-refractivity contribution is -0.119. The van der Waals surface area contributed by atoms with Crippen LogP contribution in [0.2, 0.25) is 0 Å². The Morgan fingerprint density at radius 3 is 2.78 bits per heavy atom. The normalized spacial score (nSPS) is 17.2. The predicted octanol–water partition coefficient (Wildman–Crippen LogP) is 2.17. The zero-order valence-corrected chi connectivity index (χ0v) is 16.3. The molecule has 8 heteroatoms. The molecule has 0 radical (unpaired) electrons. The average Bonchev–Trinajstić information content (AvgIpc) is 3.23. The molecule has 146 valence electrons. The minimum atomic E-state index is -3.66. The van der Waals surface area contributed by atoms with Crippen molar-refractivity contribution in [3.8, 4) is 11.5 Å². The first-order valence-electron chi connectivity index (χ1n) is 8.95. The smallest absolute Gasteiger partial charge is 0.235 e. The van der Waals surface area contributed by atoms with E-state index in [1.54, 1.807) is 6.92 Å². The van der Waals surface area contributed by atoms with Gasteiger partial charge in [0, 0.05) is 18.7 Å². The SMILES string of the molecule is Cc1ccccc1-c1nc(CS(=O)(=O)CC(=O)NCC2CCCO2)c(C)o1. The summed E-state index contributed by atoms with van der Waals surface area (Å²) in [7, 11) is -3.66. The number of nitrogens with zero attached hydrogens (tertiary/aromatic N) is 1. The van der Waals surface area contributed by atoms with Crippen molar-refractivity contribution >= 4 is 15.7 Å². The molecule has 1 N–H and O–H groups in total. The van der Waals surface area contributed by atoms with Crippen LogP contribution in [0.1, 0.15) is 29.9 Å². The largest absolute Gasteiger partial charge is 0.441 e. The van der Waals surface area contributed by atoms with Crippen LogP contribution in [0.15, 0.2) is 28.7 Å². The van der Waals surface area contributed by atoms with Gasteiger partial charge in [0.2, 0.25) is 11.8 Å². The van der Waals surface area contributed by atoms with Gasteiger partial charge in [-0.1, -0.05) is 18.2 Å². The summed E-state index contributed by atoms with van der Waals surface area (Å²) >= 11 is 0. The van der Waals surface area contributed by atoms with Crippen molar-refractivity contribution in [3.63, 3.8) is 0 Å². The molecule has 7 nitrogen and oxygen atoms in total. The van der Waals surface area contributed by atoms with Crippen LogP contribution in [0.4, 0.5) is 0 Å². The number of ether oxygens (including phenoxy) is 1. The number of carbonyl (C=O) groups excluding carboxylic acids is 1. The summed E-state index contributed by atoms with van der Waals surface area (Å²) in [5, 5.41) is 2.63. The molecule has 1 aliphatic heterocycles. The fourth-order valence-electron chi connectivity index (χ4n) is 3.03. The number of carbonyl (C=O) groups is 1. The highest BCUT2D eigenvalue weighted by Crippen LogP contribution is 2.25. The number of rotatable bonds is 7. The van der Waals surface area contributed by atoms with Gasteiger partial charge in [-0.25, -0.2) is 13.4 Å². The molecule has 1 atom stereocenters. The molecule has 1 unspecified atom stereocenters. The highest BCUT2D eigenvalue weighted by Gasteiger charge is 2.23. The van der Waals surface area contributed by atoms with Crippen LogP contribution in [0.5, 0.6) is 0 Å². The molecule has 2 aromatic rings. The van der Waals surface area contributed by atoms with E-state index in [2.05, 4.69) is 10.3 Å². The lowest BCUT2D eigenvalue weighted by Gasteiger charge is -2.10. The quantitative estimate of drug-likeness (QED) is 0.775. The molecule has 27 heavy (non-hydrogen) atoms. The Morgan fingerprint density at radius 2 is 2.07 bits per heavy atom. The number of hydrogen-bond donors (Lipinski definition) is 1. The number of nitrogens with one attached hydrogen (secondary N) is 1. The highest BCUT2D eigenvalue weighted by molar-refractivity contribution is 7.91. The van der Waals surface area contributed by atoms with Crippen molar-refractivity contribution in [1.29, 1.82) is 0 Å². The van der Waals surface area contributed by atoms with Crippen LogP contribution in [-0.4, -0.2) is 44.3 Å². The van der Waals surface area contributed by atoms with Crippen LogP contribution < -0.4 is 5.32 Å². The van der Waals surface area contributed by atoms with Gasteiger partial charge >= 0.3 is 0 Å². The first-order chi connectivity index (χ1) is 12.8. The molecular formula is C19H24N2O5S. The maximum absolute atomic E-state index is 12.4. The fourth-order valence-corrected chi connectivity index (χ4v) is 4.32. The van der Waals surface area contributed by atoms with E-state index in [0.717, 1.165) is 24.0 Å². The molecule has 1 aromatic heterocycles. The Balaban J connectivity index is 1.63. The van der Waals surface area contributed by atoms with Crippen molar-refractivity contribution < 1.29 is 22.4 Å². The lowest BCUT2D eigenvalue weighted by Crippen LogP contribution is -2.36. The maximum Gasteiger partial charge on any atom is 0.235 e. The van der Waals surface area contributed by atoms with Gasteiger partial charge in [0.05, 0.1) is 17.6 Å². The van der Waals surface area contributed by atoms with Crippen molar-refractivity contribution in [2.75, 3.05) is 18.9 Å². The number of aryl methyl sites for hydroxylation is 2. The van der Waals surface area contributed by atoms with E-state index in [9.17, 15) is 13.2 Å². The van der Waals surface area contributed by atoms with Crippen LogP contribution in [0.3, 0.4) is 0 Å². The first-order valence-corrected chi connectivity index (χ1v) is 10.8. The van der Waals surface area contributed by atoms with Crippen molar-refractivity contribution in [3.05, 3.63) is 41.3 Å². The minimum Gasteiger partial charge on any atom is -0.441 e. The molecule has 3 rings (SSSR count). The number of aromatic nitrogens is 1. The standard InChI is InChI=1S/C19H24N2O5S/c1-13-6-3-4-8-16(13)19-21-17(14(2)26-19)11-27(23,24)12-18(22)20-10-15-7-5-9-25-15/h3-4,6,8,15H,5,7,9-12H2,1-2H3,(H,20,22). The van der Waals surface area contributed by atoms with Crippen molar-refractivity contribution in [1.82, 2.24) is 10.3 Å². The fraction of sp³-hybridized carbons (Fsp3) is 0.474. The number of hydrogen-bond acceptors (Lipinski definition) is 6. The van der Waals surface area contributed by atoms with Gasteiger partial charge < -0.3 is 14.5 Å². The third-order valence-corrected chi connectivity index (χ3v) is 5.94. The Hall–Kier alpha value is -2.19. The Bertz CT molecular complexity index is 914. The summed E-state index contributed by atoms with van der Waals surface area (Å²) < 4.78 is 35.9. The maximum atomic E-state index is 12.4. The monoisotopic (exact) mass is 392 g/mol. The van der Waals surface area contributed by atoms with Crippen molar-refractivity contribution in [2.45, 2.75) is 38.5 Å². The predicted molar refractivity (Wildman–Crippen MR) is 101 cm³/mol. The second-order valence-electron chi connectivity index (χ2n) is 6.81. The molecule has 0 saturated carbocycles. The third-order valence-electron chi connectivity index (χ3n) is 4.53. The van der Waals surface area contributed by atoms with Gasteiger partial charge in [0.25, 0.3) is 0 Å². The zero-order valence-electron chi connectivity index (χ0n) is 15.5. The number of oxazole rings is 1.